The minimum absolute atomic E-state index is 0.0132. The number of carbonyl (C=O) groups is 1. The Morgan fingerprint density at radius 1 is 1.31 bits per heavy atom. The number of carbonyl (C=O) groups excluding carboxylic acids is 1. The summed E-state index contributed by atoms with van der Waals surface area (Å²) in [5.74, 6) is -2.83. The number of ether oxygens (including phenoxy) is 1. The molecule has 5 rings (SSSR count). The van der Waals surface area contributed by atoms with Crippen LogP contribution in [0.3, 0.4) is 0 Å². The van der Waals surface area contributed by atoms with Gasteiger partial charge in [0, 0.05) is 41.7 Å². The first kappa shape index (κ1) is 28.3. The summed E-state index contributed by atoms with van der Waals surface area (Å²) in [6.07, 6.45) is 3.29. The zero-order valence-electron chi connectivity index (χ0n) is 22.5. The fraction of sp³-hybridized carbons (Fsp3) is 0.577. The monoisotopic (exact) mass is 580 g/mol. The van der Waals surface area contributed by atoms with E-state index in [4.69, 9.17) is 10.5 Å². The molecular weight excluding hydrogens is 546 g/mol. The highest BCUT2D eigenvalue weighted by Gasteiger charge is 2.49. The van der Waals surface area contributed by atoms with Gasteiger partial charge in [0.2, 0.25) is 5.91 Å². The van der Waals surface area contributed by atoms with Gasteiger partial charge in [-0.05, 0) is 45.7 Å². The molecule has 2 aromatic rings. The minimum atomic E-state index is -3.17. The summed E-state index contributed by atoms with van der Waals surface area (Å²) in [4.78, 5) is 24.4. The fourth-order valence-corrected chi connectivity index (χ4v) is 7.25. The van der Waals surface area contributed by atoms with E-state index in [-0.39, 0.29) is 33.3 Å². The number of hydrogen-bond acceptors (Lipinski definition) is 9. The first-order valence-electron chi connectivity index (χ1n) is 12.9. The molecule has 0 saturated carbocycles. The van der Waals surface area contributed by atoms with Gasteiger partial charge in [-0.1, -0.05) is 17.8 Å². The maximum Gasteiger partial charge on any atom is 0.293 e. The van der Waals surface area contributed by atoms with Crippen LogP contribution in [0.15, 0.2) is 34.3 Å². The van der Waals surface area contributed by atoms with Gasteiger partial charge >= 0.3 is 0 Å². The highest BCUT2D eigenvalue weighted by Crippen LogP contribution is 2.49. The lowest BCUT2D eigenvalue weighted by Crippen LogP contribution is -2.55. The van der Waals surface area contributed by atoms with Gasteiger partial charge in [-0.3, -0.25) is 4.79 Å². The quantitative estimate of drug-likeness (QED) is 0.510. The first-order valence-corrected chi connectivity index (χ1v) is 14.9. The molecule has 0 bridgehead atoms. The third-order valence-electron chi connectivity index (χ3n) is 7.66. The molecule has 0 radical (unpaired) electrons. The Balaban J connectivity index is 1.29. The van der Waals surface area contributed by atoms with Crippen LogP contribution in [-0.4, -0.2) is 64.1 Å². The van der Waals surface area contributed by atoms with Gasteiger partial charge in [0.1, 0.15) is 15.6 Å². The van der Waals surface area contributed by atoms with Crippen molar-refractivity contribution in [2.24, 2.45) is 5.41 Å². The normalized spacial score (nSPS) is 22.8. The van der Waals surface area contributed by atoms with Crippen LogP contribution < -0.4 is 20.3 Å². The molecule has 1 aromatic carbocycles. The van der Waals surface area contributed by atoms with Gasteiger partial charge in [-0.2, -0.15) is 8.78 Å². The molecule has 39 heavy (non-hydrogen) atoms. The number of rotatable bonds is 5. The number of nitrogens with two attached hydrogens (primary N) is 1. The number of aromatic nitrogens is 2. The van der Waals surface area contributed by atoms with Crippen LogP contribution in [0.5, 0.6) is 0 Å². The van der Waals surface area contributed by atoms with Crippen molar-refractivity contribution in [1.82, 2.24) is 14.7 Å². The lowest BCUT2D eigenvalue weighted by molar-refractivity contribution is -0.117. The molecule has 212 valence electrons. The van der Waals surface area contributed by atoms with Crippen LogP contribution in [0.2, 0.25) is 0 Å². The van der Waals surface area contributed by atoms with Crippen molar-refractivity contribution < 1.29 is 22.9 Å². The number of hydrogen-bond donors (Lipinski definition) is 2. The molecule has 3 N–H and O–H groups in total. The summed E-state index contributed by atoms with van der Waals surface area (Å²) in [5, 5.41) is 0.329. The van der Waals surface area contributed by atoms with E-state index in [9.17, 15) is 18.1 Å². The van der Waals surface area contributed by atoms with E-state index in [2.05, 4.69) is 19.6 Å². The van der Waals surface area contributed by atoms with Gasteiger partial charge in [0.25, 0.3) is 5.92 Å². The van der Waals surface area contributed by atoms with Crippen molar-refractivity contribution >= 4 is 46.4 Å². The smallest absolute Gasteiger partial charge is 0.293 e. The second-order valence-electron chi connectivity index (χ2n) is 11.4. The van der Waals surface area contributed by atoms with Crippen LogP contribution >= 0.6 is 11.8 Å². The van der Waals surface area contributed by atoms with Gasteiger partial charge in [0.15, 0.2) is 5.82 Å². The van der Waals surface area contributed by atoms with Crippen LogP contribution in [0.1, 0.15) is 46.1 Å². The SMILES string of the molecule is CC(=O)N1CC(F)(F)c2c(Sc3ncc(N4CCC5(CC4)COC[C@H]5N[S@+]([O-])C(C)(C)C)nc3N)cccc21. The third-order valence-corrected chi connectivity index (χ3v) is 10.3. The van der Waals surface area contributed by atoms with Crippen molar-refractivity contribution in [3.05, 3.63) is 30.0 Å². The van der Waals surface area contributed by atoms with Crippen LogP contribution in [-0.2, 0) is 26.8 Å². The second-order valence-corrected chi connectivity index (χ2v) is 14.4. The number of anilines is 3. The highest BCUT2D eigenvalue weighted by atomic mass is 32.2. The number of halogens is 2. The molecule has 2 fully saturated rings. The molecule has 9 nitrogen and oxygen atoms in total. The second kappa shape index (κ2) is 10.3. The molecule has 1 aromatic heterocycles. The van der Waals surface area contributed by atoms with E-state index in [1.54, 1.807) is 18.3 Å². The number of benzene rings is 1. The summed E-state index contributed by atoms with van der Waals surface area (Å²) in [5.41, 5.74) is 6.18. The Morgan fingerprint density at radius 2 is 2.03 bits per heavy atom. The average Bonchev–Trinajstić information content (AvgIpc) is 3.38. The zero-order chi connectivity index (χ0) is 28.2. The predicted octanol–water partition coefficient (Wildman–Crippen LogP) is 3.71. The summed E-state index contributed by atoms with van der Waals surface area (Å²) in [6.45, 7) is 9.02. The molecule has 3 aliphatic rings. The number of amides is 1. The van der Waals surface area contributed by atoms with Crippen molar-refractivity contribution in [3.8, 4) is 0 Å². The third kappa shape index (κ3) is 5.43. The van der Waals surface area contributed by atoms with Crippen LogP contribution in [0, 0.1) is 5.41 Å². The minimum Gasteiger partial charge on any atom is -0.598 e. The lowest BCUT2D eigenvalue weighted by atomic mass is 9.75. The highest BCUT2D eigenvalue weighted by molar-refractivity contribution is 7.99. The number of nitrogen functional groups attached to an aromatic ring is 1. The fourth-order valence-electron chi connectivity index (χ4n) is 5.36. The van der Waals surface area contributed by atoms with Gasteiger partial charge in [-0.25, -0.2) is 9.97 Å². The van der Waals surface area contributed by atoms with Crippen molar-refractivity contribution in [3.63, 3.8) is 0 Å². The number of fused-ring (bicyclic) bond motifs is 1. The number of alkyl halides is 2. The predicted molar refractivity (Wildman–Crippen MR) is 148 cm³/mol. The molecule has 2 atom stereocenters. The lowest BCUT2D eigenvalue weighted by Gasteiger charge is -2.42. The van der Waals surface area contributed by atoms with E-state index < -0.39 is 29.7 Å². The van der Waals surface area contributed by atoms with Crippen molar-refractivity contribution in [1.29, 1.82) is 0 Å². The Kier molecular flexibility index (Phi) is 7.51. The molecule has 4 heterocycles. The van der Waals surface area contributed by atoms with Gasteiger partial charge in [0.05, 0.1) is 43.2 Å². The average molecular weight is 581 g/mol. The summed E-state index contributed by atoms with van der Waals surface area (Å²) >= 11 is -0.158. The Morgan fingerprint density at radius 3 is 2.67 bits per heavy atom. The summed E-state index contributed by atoms with van der Waals surface area (Å²) in [6, 6.07) is 4.77. The topological polar surface area (TPSA) is 120 Å². The molecule has 2 saturated heterocycles. The van der Waals surface area contributed by atoms with Crippen LogP contribution in [0.25, 0.3) is 0 Å². The van der Waals surface area contributed by atoms with E-state index in [1.807, 2.05) is 20.8 Å². The van der Waals surface area contributed by atoms with Crippen molar-refractivity contribution in [2.45, 2.75) is 67.2 Å². The van der Waals surface area contributed by atoms with Crippen molar-refractivity contribution in [2.75, 3.05) is 48.4 Å². The molecule has 13 heteroatoms. The Labute approximate surface area is 234 Å². The van der Waals surface area contributed by atoms with E-state index >= 15 is 0 Å². The summed E-state index contributed by atoms with van der Waals surface area (Å²) in [7, 11) is 0. The Hall–Kier alpha value is -2.19. The zero-order valence-corrected chi connectivity index (χ0v) is 24.1. The number of piperidine rings is 1. The van der Waals surface area contributed by atoms with Gasteiger partial charge in [-0.15, -0.1) is 4.72 Å². The molecule has 0 unspecified atom stereocenters. The standard InChI is InChI=1S/C26H34F2N6O3S2/c1-16(35)34-14-26(27,28)21-17(34)6-5-7-18(21)38-23-22(29)31-20(12-30-23)33-10-8-25(9-11-33)15-37-13-19(25)32-39(36)24(2,3)4/h5-7,12,19,32H,8-11,13-15H2,1-4H3,(H2,29,31)/t19-,39-/m1/s1. The first-order chi connectivity index (χ1) is 18.3. The summed E-state index contributed by atoms with van der Waals surface area (Å²) < 4.78 is 51.3. The molecule has 1 spiro atoms. The van der Waals surface area contributed by atoms with E-state index in [1.165, 1.54) is 13.0 Å². The molecule has 3 aliphatic heterocycles. The maximum atomic E-state index is 14.9. The number of nitrogens with one attached hydrogen (secondary N) is 1. The van der Waals surface area contributed by atoms with Gasteiger partial charge < -0.3 is 24.8 Å². The Bertz CT molecular complexity index is 1250. The van der Waals surface area contributed by atoms with E-state index in [0.717, 1.165) is 29.5 Å². The molecular formula is C26H34F2N6O3S2. The van der Waals surface area contributed by atoms with E-state index in [0.29, 0.717) is 42.0 Å². The largest absolute Gasteiger partial charge is 0.598 e. The molecule has 0 aliphatic carbocycles. The molecule has 1 amide bonds. The maximum absolute atomic E-state index is 14.9. The van der Waals surface area contributed by atoms with Crippen LogP contribution in [0.4, 0.5) is 26.1 Å². The number of nitrogens with zero attached hydrogens (tertiary/aromatic N) is 4.